The van der Waals surface area contributed by atoms with Crippen molar-refractivity contribution in [1.82, 2.24) is 9.78 Å². The Morgan fingerprint density at radius 2 is 1.66 bits per heavy atom. The van der Waals surface area contributed by atoms with Gasteiger partial charge in [0.05, 0.1) is 11.4 Å². The van der Waals surface area contributed by atoms with E-state index in [0.717, 1.165) is 0 Å². The van der Waals surface area contributed by atoms with Gasteiger partial charge in [0, 0.05) is 28.2 Å². The Labute approximate surface area is 202 Å². The minimum Gasteiger partial charge on any atom is -0.450 e. The fourth-order valence-corrected chi connectivity index (χ4v) is 3.66. The predicted octanol–water partition coefficient (Wildman–Crippen LogP) is 5.25. The summed E-state index contributed by atoms with van der Waals surface area (Å²) in [6.45, 7) is 0. The molecule has 0 aliphatic carbocycles. The number of halogens is 2. The molecule has 172 valence electrons. The van der Waals surface area contributed by atoms with E-state index in [4.69, 9.17) is 16.0 Å². The van der Waals surface area contributed by atoms with Crippen LogP contribution in [-0.4, -0.2) is 21.5 Å². The number of hydrogen-bond donors (Lipinski definition) is 1. The highest BCUT2D eigenvalue weighted by atomic mass is 35.5. The fourth-order valence-electron chi connectivity index (χ4n) is 3.54. The number of carbonyl (C=O) groups excluding carboxylic acids is 2. The highest BCUT2D eigenvalue weighted by molar-refractivity contribution is 6.30. The number of rotatable bonds is 5. The van der Waals surface area contributed by atoms with Crippen LogP contribution in [0.3, 0.4) is 0 Å². The molecule has 1 amide bonds. The molecule has 1 N–H and O–H groups in total. The number of nitrogens with one attached hydrogen (secondary N) is 1. The zero-order valence-corrected chi connectivity index (χ0v) is 18.6. The van der Waals surface area contributed by atoms with Crippen LogP contribution in [0.2, 0.25) is 5.02 Å². The van der Waals surface area contributed by atoms with E-state index in [0.29, 0.717) is 27.2 Å². The highest BCUT2D eigenvalue weighted by Crippen LogP contribution is 2.33. The van der Waals surface area contributed by atoms with Crippen LogP contribution >= 0.6 is 11.6 Å². The van der Waals surface area contributed by atoms with Crippen molar-refractivity contribution in [2.75, 3.05) is 5.32 Å². The third kappa shape index (κ3) is 4.34. The second-order valence-electron chi connectivity index (χ2n) is 7.54. The lowest BCUT2D eigenvalue weighted by molar-refractivity contribution is 0.101. The van der Waals surface area contributed by atoms with Gasteiger partial charge in [-0.05, 0) is 60.7 Å². The molecule has 5 aromatic rings. The van der Waals surface area contributed by atoms with Gasteiger partial charge >= 0.3 is 0 Å². The molecule has 0 unspecified atom stereocenters. The summed E-state index contributed by atoms with van der Waals surface area (Å²) in [5.41, 5.74) is 0.216. The Kier molecular flexibility index (Phi) is 5.72. The van der Waals surface area contributed by atoms with Crippen LogP contribution in [0.4, 0.5) is 10.1 Å². The first-order chi connectivity index (χ1) is 16.9. The van der Waals surface area contributed by atoms with E-state index in [-0.39, 0.29) is 11.4 Å². The number of ketones is 1. The second kappa shape index (κ2) is 9.00. The summed E-state index contributed by atoms with van der Waals surface area (Å²) >= 11 is 5.93. The molecule has 0 aliphatic heterocycles. The van der Waals surface area contributed by atoms with Gasteiger partial charge in [0.25, 0.3) is 5.91 Å². The van der Waals surface area contributed by atoms with E-state index >= 15 is 0 Å². The standard InChI is InChI=1S/C26H15ClFN3O4/c27-16-7-5-15(6-8-16)24(33)25-22(19-3-1-2-4-21(19)35-25)29-26(34)23-20(32)13-14-31(30-23)18-11-9-17(28)10-12-18/h1-14H,(H,29,34). The number of anilines is 1. The van der Waals surface area contributed by atoms with Gasteiger partial charge < -0.3 is 9.73 Å². The molecule has 3 aromatic carbocycles. The maximum atomic E-state index is 13.3. The van der Waals surface area contributed by atoms with Crippen molar-refractivity contribution < 1.29 is 18.4 Å². The summed E-state index contributed by atoms with van der Waals surface area (Å²) in [5.74, 6) is -1.84. The van der Waals surface area contributed by atoms with Crippen LogP contribution < -0.4 is 10.7 Å². The number of hydrogen-bond acceptors (Lipinski definition) is 5. The van der Waals surface area contributed by atoms with E-state index < -0.39 is 28.6 Å². The number of benzene rings is 3. The van der Waals surface area contributed by atoms with Crippen LogP contribution in [0.1, 0.15) is 26.6 Å². The van der Waals surface area contributed by atoms with Crippen LogP contribution in [0.15, 0.2) is 94.3 Å². The van der Waals surface area contributed by atoms with E-state index in [2.05, 4.69) is 10.4 Å². The third-order valence-electron chi connectivity index (χ3n) is 5.26. The maximum Gasteiger partial charge on any atom is 0.280 e. The SMILES string of the molecule is O=C(c1ccc(Cl)cc1)c1oc2ccccc2c1NC(=O)c1nn(-c2ccc(F)cc2)ccc1=O. The molecule has 0 spiro atoms. The molecular weight excluding hydrogens is 473 g/mol. The first kappa shape index (κ1) is 22.2. The second-order valence-corrected chi connectivity index (χ2v) is 7.98. The van der Waals surface area contributed by atoms with Crippen molar-refractivity contribution in [3.63, 3.8) is 0 Å². The molecule has 0 radical (unpaired) electrons. The number of furan rings is 1. The van der Waals surface area contributed by atoms with Gasteiger partial charge in [0.1, 0.15) is 11.4 Å². The maximum absolute atomic E-state index is 13.3. The van der Waals surface area contributed by atoms with Gasteiger partial charge in [-0.15, -0.1) is 0 Å². The minimum absolute atomic E-state index is 0.100. The first-order valence-corrected chi connectivity index (χ1v) is 10.8. The lowest BCUT2D eigenvalue weighted by Crippen LogP contribution is -2.26. The fraction of sp³-hybridized carbons (Fsp3) is 0. The van der Waals surface area contributed by atoms with Gasteiger partial charge in [-0.2, -0.15) is 5.10 Å². The molecule has 0 atom stereocenters. The van der Waals surface area contributed by atoms with Gasteiger partial charge in [-0.3, -0.25) is 14.4 Å². The average Bonchev–Trinajstić information content (AvgIpc) is 3.23. The van der Waals surface area contributed by atoms with Crippen molar-refractivity contribution in [1.29, 1.82) is 0 Å². The zero-order valence-electron chi connectivity index (χ0n) is 17.9. The van der Waals surface area contributed by atoms with Crippen LogP contribution in [0.5, 0.6) is 0 Å². The topological polar surface area (TPSA) is 94.2 Å². The first-order valence-electron chi connectivity index (χ1n) is 10.4. The summed E-state index contributed by atoms with van der Waals surface area (Å²) in [5, 5.41) is 7.68. The Morgan fingerprint density at radius 1 is 0.943 bits per heavy atom. The molecular formula is C26H15ClFN3O4. The van der Waals surface area contributed by atoms with Gasteiger partial charge in [0.15, 0.2) is 11.5 Å². The zero-order chi connectivity index (χ0) is 24.5. The Balaban J connectivity index is 1.55. The molecule has 7 nitrogen and oxygen atoms in total. The Morgan fingerprint density at radius 3 is 2.40 bits per heavy atom. The number of carbonyl (C=O) groups is 2. The van der Waals surface area contributed by atoms with Gasteiger partial charge in [0.2, 0.25) is 11.2 Å². The molecule has 2 aromatic heterocycles. The van der Waals surface area contributed by atoms with E-state index in [1.165, 1.54) is 41.2 Å². The normalized spacial score (nSPS) is 10.9. The molecule has 0 saturated heterocycles. The smallest absolute Gasteiger partial charge is 0.280 e. The van der Waals surface area contributed by atoms with Crippen molar-refractivity contribution in [3.05, 3.63) is 123 Å². The highest BCUT2D eigenvalue weighted by Gasteiger charge is 2.25. The number of amides is 1. The monoisotopic (exact) mass is 487 g/mol. The quantitative estimate of drug-likeness (QED) is 0.341. The van der Waals surface area contributed by atoms with E-state index in [9.17, 15) is 18.8 Å². The number of nitrogens with zero attached hydrogens (tertiary/aromatic N) is 2. The molecule has 35 heavy (non-hydrogen) atoms. The largest absolute Gasteiger partial charge is 0.450 e. The van der Waals surface area contributed by atoms with Gasteiger partial charge in [-0.25, -0.2) is 9.07 Å². The lowest BCUT2D eigenvalue weighted by atomic mass is 10.1. The van der Waals surface area contributed by atoms with Crippen molar-refractivity contribution in [2.45, 2.75) is 0 Å². The lowest BCUT2D eigenvalue weighted by Gasteiger charge is -2.09. The molecule has 0 aliphatic rings. The van der Waals surface area contributed by atoms with Crippen LogP contribution in [-0.2, 0) is 0 Å². The summed E-state index contributed by atoms with van der Waals surface area (Å²) in [7, 11) is 0. The van der Waals surface area contributed by atoms with Gasteiger partial charge in [-0.1, -0.05) is 23.7 Å². The summed E-state index contributed by atoms with van der Waals surface area (Å²) in [4.78, 5) is 38.8. The number of fused-ring (bicyclic) bond motifs is 1. The number of aromatic nitrogens is 2. The summed E-state index contributed by atoms with van der Waals surface area (Å²) in [6.07, 6.45) is 1.37. The van der Waals surface area contributed by atoms with Crippen molar-refractivity contribution in [2.24, 2.45) is 0 Å². The van der Waals surface area contributed by atoms with E-state index in [1.54, 1.807) is 48.5 Å². The molecule has 0 fully saturated rings. The summed E-state index contributed by atoms with van der Waals surface area (Å²) in [6, 6.07) is 19.6. The molecule has 5 rings (SSSR count). The molecule has 0 bridgehead atoms. The molecule has 9 heteroatoms. The average molecular weight is 488 g/mol. The van der Waals surface area contributed by atoms with Crippen molar-refractivity contribution >= 4 is 39.9 Å². The Bertz CT molecular complexity index is 1640. The minimum atomic E-state index is -0.830. The van der Waals surface area contributed by atoms with Crippen molar-refractivity contribution in [3.8, 4) is 5.69 Å². The Hall–Kier alpha value is -4.56. The molecule has 0 saturated carbocycles. The van der Waals surface area contributed by atoms with Crippen LogP contribution in [0.25, 0.3) is 16.7 Å². The summed E-state index contributed by atoms with van der Waals surface area (Å²) < 4.78 is 20.3. The molecule has 2 heterocycles. The predicted molar refractivity (Wildman–Crippen MR) is 129 cm³/mol. The van der Waals surface area contributed by atoms with E-state index in [1.807, 2.05) is 0 Å². The van der Waals surface area contributed by atoms with Crippen LogP contribution in [0, 0.1) is 5.82 Å². The number of para-hydroxylation sites is 1. The third-order valence-corrected chi connectivity index (χ3v) is 5.51.